The van der Waals surface area contributed by atoms with Gasteiger partial charge in [-0.2, -0.15) is 0 Å². The molecule has 0 unspecified atom stereocenters. The van der Waals surface area contributed by atoms with Gasteiger partial charge in [-0.25, -0.2) is 0 Å². The molecule has 0 radical (unpaired) electrons. The molecule has 1 aromatic rings. The molecule has 0 spiro atoms. The van der Waals surface area contributed by atoms with E-state index in [2.05, 4.69) is 45.4 Å². The van der Waals surface area contributed by atoms with Gasteiger partial charge in [0.05, 0.1) is 6.54 Å². The molecule has 0 bridgehead atoms. The molecule has 2 atom stereocenters. The Kier molecular flexibility index (Phi) is 9.03. The number of piperidine rings is 1. The first-order valence-electron chi connectivity index (χ1n) is 10.2. The van der Waals surface area contributed by atoms with Crippen LogP contribution >= 0.6 is 24.8 Å². The van der Waals surface area contributed by atoms with Crippen molar-refractivity contribution < 1.29 is 4.79 Å². The number of halogens is 2. The van der Waals surface area contributed by atoms with Crippen LogP contribution in [0, 0.1) is 5.92 Å². The van der Waals surface area contributed by atoms with E-state index in [0.717, 1.165) is 45.1 Å². The number of hydrogen-bond donors (Lipinski definition) is 2. The van der Waals surface area contributed by atoms with Crippen molar-refractivity contribution in [3.8, 4) is 0 Å². The number of carbonyl (C=O) groups excluding carboxylic acids is 1. The molecule has 1 aromatic carbocycles. The molecule has 7 heteroatoms. The van der Waals surface area contributed by atoms with Gasteiger partial charge in [0.25, 0.3) is 0 Å². The van der Waals surface area contributed by atoms with Crippen molar-refractivity contribution >= 4 is 30.7 Å². The van der Waals surface area contributed by atoms with Crippen molar-refractivity contribution in [1.29, 1.82) is 0 Å². The molecule has 2 aliphatic heterocycles. The number of amides is 1. The highest BCUT2D eigenvalue weighted by molar-refractivity contribution is 5.85. The summed E-state index contributed by atoms with van der Waals surface area (Å²) in [5.41, 5.74) is 7.36. The quantitative estimate of drug-likeness (QED) is 0.728. The fourth-order valence-corrected chi connectivity index (χ4v) is 4.73. The van der Waals surface area contributed by atoms with E-state index in [0.29, 0.717) is 31.0 Å². The summed E-state index contributed by atoms with van der Waals surface area (Å²) in [5, 5.41) is 3.27. The highest BCUT2D eigenvalue weighted by Crippen LogP contribution is 2.32. The molecular weight excluding hydrogens is 395 g/mol. The van der Waals surface area contributed by atoms with E-state index in [1.54, 1.807) is 0 Å². The van der Waals surface area contributed by atoms with Gasteiger partial charge >= 0.3 is 0 Å². The van der Waals surface area contributed by atoms with Gasteiger partial charge in [0.2, 0.25) is 5.91 Å². The summed E-state index contributed by atoms with van der Waals surface area (Å²) < 4.78 is 0. The molecule has 1 saturated carbocycles. The van der Waals surface area contributed by atoms with Crippen LogP contribution in [0.15, 0.2) is 30.3 Å². The zero-order valence-electron chi connectivity index (χ0n) is 16.5. The number of hydrogen-bond acceptors (Lipinski definition) is 4. The Hall–Kier alpha value is -0.850. The van der Waals surface area contributed by atoms with Crippen molar-refractivity contribution in [2.75, 3.05) is 39.3 Å². The largest absolute Gasteiger partial charge is 0.352 e. The Morgan fingerprint density at radius 1 is 1.04 bits per heavy atom. The lowest BCUT2D eigenvalue weighted by Gasteiger charge is -2.32. The molecule has 1 aliphatic carbocycles. The van der Waals surface area contributed by atoms with Crippen molar-refractivity contribution in [3.05, 3.63) is 35.9 Å². The maximum Gasteiger partial charge on any atom is 0.234 e. The molecule has 4 rings (SSSR count). The van der Waals surface area contributed by atoms with Gasteiger partial charge in [-0.15, -0.1) is 24.8 Å². The summed E-state index contributed by atoms with van der Waals surface area (Å²) in [6.45, 7) is 5.32. The van der Waals surface area contributed by atoms with Crippen LogP contribution in [-0.2, 0) is 4.79 Å². The third-order valence-electron chi connectivity index (χ3n) is 6.37. The van der Waals surface area contributed by atoms with E-state index in [-0.39, 0.29) is 30.7 Å². The van der Waals surface area contributed by atoms with E-state index < -0.39 is 0 Å². The molecule has 3 fully saturated rings. The van der Waals surface area contributed by atoms with Crippen LogP contribution < -0.4 is 11.1 Å². The van der Waals surface area contributed by atoms with Crippen molar-refractivity contribution in [2.45, 2.75) is 43.7 Å². The summed E-state index contributed by atoms with van der Waals surface area (Å²) in [6.07, 6.45) is 4.94. The average Bonchev–Trinajstić information content (AvgIpc) is 3.43. The van der Waals surface area contributed by atoms with E-state index in [1.807, 2.05) is 0 Å². The van der Waals surface area contributed by atoms with Gasteiger partial charge in [0.1, 0.15) is 0 Å². The smallest absolute Gasteiger partial charge is 0.234 e. The fraction of sp³-hybridized carbons (Fsp3) is 0.667. The Bertz CT molecular complexity index is 606. The summed E-state index contributed by atoms with van der Waals surface area (Å²) in [5.74, 6) is 1.06. The summed E-state index contributed by atoms with van der Waals surface area (Å²) in [7, 11) is 0. The predicted molar refractivity (Wildman–Crippen MR) is 118 cm³/mol. The lowest BCUT2D eigenvalue weighted by molar-refractivity contribution is -0.123. The van der Waals surface area contributed by atoms with Crippen LogP contribution in [0.1, 0.15) is 37.2 Å². The van der Waals surface area contributed by atoms with E-state index in [4.69, 9.17) is 5.73 Å². The topological polar surface area (TPSA) is 61.6 Å². The van der Waals surface area contributed by atoms with Crippen LogP contribution in [0.5, 0.6) is 0 Å². The molecule has 158 valence electrons. The van der Waals surface area contributed by atoms with Crippen LogP contribution in [0.4, 0.5) is 0 Å². The normalized spacial score (nSPS) is 26.3. The highest BCUT2D eigenvalue weighted by Gasteiger charge is 2.35. The van der Waals surface area contributed by atoms with Gasteiger partial charge in [-0.1, -0.05) is 30.3 Å². The van der Waals surface area contributed by atoms with Crippen LogP contribution in [-0.4, -0.2) is 67.1 Å². The zero-order valence-corrected chi connectivity index (χ0v) is 18.1. The van der Waals surface area contributed by atoms with Crippen LogP contribution in [0.2, 0.25) is 0 Å². The monoisotopic (exact) mass is 428 g/mol. The van der Waals surface area contributed by atoms with Gasteiger partial charge in [-0.05, 0) is 43.7 Å². The first kappa shape index (κ1) is 23.4. The standard InChI is InChI=1S/C21H32N4O.2ClH/c22-12-17-13-24(14-20(17)16-4-2-1-3-5-16)15-21(26)23-18-8-10-25(11-9-18)19-6-7-19;;/h1-5,17-20H,6-15,22H2,(H,23,26);2*1H/t17-,20+;;/m1../s1. The Morgan fingerprint density at radius 3 is 2.32 bits per heavy atom. The van der Waals surface area contributed by atoms with E-state index in [9.17, 15) is 4.79 Å². The Balaban J connectivity index is 0.00000140. The third-order valence-corrected chi connectivity index (χ3v) is 6.37. The van der Waals surface area contributed by atoms with Crippen molar-refractivity contribution in [3.63, 3.8) is 0 Å². The number of nitrogens with one attached hydrogen (secondary N) is 1. The molecule has 1 amide bonds. The van der Waals surface area contributed by atoms with Crippen LogP contribution in [0.3, 0.4) is 0 Å². The minimum atomic E-state index is 0. The first-order valence-corrected chi connectivity index (χ1v) is 10.2. The maximum atomic E-state index is 12.5. The maximum absolute atomic E-state index is 12.5. The summed E-state index contributed by atoms with van der Waals surface area (Å²) in [4.78, 5) is 17.4. The number of rotatable bonds is 6. The molecule has 3 aliphatic rings. The predicted octanol–water partition coefficient (Wildman–Crippen LogP) is 2.25. The molecule has 28 heavy (non-hydrogen) atoms. The SMILES string of the molecule is Cl.Cl.NC[C@@H]1CN(CC(=O)NC2CCN(C3CC3)CC2)C[C@H]1c1ccccc1. The molecule has 0 aromatic heterocycles. The second-order valence-electron chi connectivity index (χ2n) is 8.32. The van der Waals surface area contributed by atoms with Gasteiger partial charge in [0, 0.05) is 44.2 Å². The molecule has 3 N–H and O–H groups in total. The second kappa shape index (κ2) is 10.8. The third kappa shape index (κ3) is 5.83. The minimum Gasteiger partial charge on any atom is -0.352 e. The number of nitrogens with zero attached hydrogens (tertiary/aromatic N) is 2. The van der Waals surface area contributed by atoms with Crippen molar-refractivity contribution in [1.82, 2.24) is 15.1 Å². The lowest BCUT2D eigenvalue weighted by Crippen LogP contribution is -2.47. The first-order chi connectivity index (χ1) is 12.7. The molecule has 5 nitrogen and oxygen atoms in total. The lowest BCUT2D eigenvalue weighted by atomic mass is 9.89. The summed E-state index contributed by atoms with van der Waals surface area (Å²) in [6, 6.07) is 11.8. The van der Waals surface area contributed by atoms with Gasteiger partial charge < -0.3 is 16.0 Å². The second-order valence-corrected chi connectivity index (χ2v) is 8.32. The minimum absolute atomic E-state index is 0. The zero-order chi connectivity index (χ0) is 17.9. The number of likely N-dealkylation sites (tertiary alicyclic amines) is 2. The highest BCUT2D eigenvalue weighted by atomic mass is 35.5. The molecule has 2 saturated heterocycles. The Labute approximate surface area is 181 Å². The van der Waals surface area contributed by atoms with E-state index in [1.165, 1.54) is 18.4 Å². The number of benzene rings is 1. The van der Waals surface area contributed by atoms with Crippen LogP contribution in [0.25, 0.3) is 0 Å². The summed E-state index contributed by atoms with van der Waals surface area (Å²) >= 11 is 0. The Morgan fingerprint density at radius 2 is 1.71 bits per heavy atom. The van der Waals surface area contributed by atoms with Gasteiger partial charge in [0.15, 0.2) is 0 Å². The van der Waals surface area contributed by atoms with Gasteiger partial charge in [-0.3, -0.25) is 9.69 Å². The number of nitrogens with two attached hydrogens (primary N) is 1. The average molecular weight is 429 g/mol. The molecular formula is C21H34Cl2N4O. The molecule has 2 heterocycles. The van der Waals surface area contributed by atoms with E-state index >= 15 is 0 Å². The fourth-order valence-electron chi connectivity index (χ4n) is 4.73. The number of carbonyl (C=O) groups is 1. The van der Waals surface area contributed by atoms with Crippen molar-refractivity contribution in [2.24, 2.45) is 11.7 Å².